The fourth-order valence-corrected chi connectivity index (χ4v) is 3.55. The summed E-state index contributed by atoms with van der Waals surface area (Å²) in [5.74, 6) is 0.482. The van der Waals surface area contributed by atoms with Crippen molar-refractivity contribution in [2.45, 2.75) is 25.8 Å². The number of rotatable bonds is 3. The van der Waals surface area contributed by atoms with E-state index in [1.165, 1.54) is 30.2 Å². The molecule has 0 radical (unpaired) electrons. The summed E-state index contributed by atoms with van der Waals surface area (Å²) in [6.07, 6.45) is 8.65. The van der Waals surface area contributed by atoms with Gasteiger partial charge in [-0.25, -0.2) is 0 Å². The second kappa shape index (κ2) is 6.69. The second-order valence-electron chi connectivity index (χ2n) is 6.63. The van der Waals surface area contributed by atoms with Gasteiger partial charge in [0.15, 0.2) is 5.76 Å². The van der Waals surface area contributed by atoms with Crippen molar-refractivity contribution in [2.24, 2.45) is 0 Å². The van der Waals surface area contributed by atoms with Crippen molar-refractivity contribution in [1.29, 1.82) is 0 Å². The van der Waals surface area contributed by atoms with Crippen LogP contribution in [-0.2, 0) is 6.54 Å². The van der Waals surface area contributed by atoms with Gasteiger partial charge in [-0.15, -0.1) is 0 Å². The Hall–Kier alpha value is -2.66. The van der Waals surface area contributed by atoms with Crippen LogP contribution in [-0.4, -0.2) is 23.9 Å². The number of carbonyl (C=O) groups is 1. The number of nitrogens with zero attached hydrogens (tertiary/aromatic N) is 1. The number of pyridine rings is 1. The molecule has 0 atom stereocenters. The molecule has 0 aliphatic carbocycles. The number of hydrogen-bond acceptors (Lipinski definition) is 4. The first-order valence-electron chi connectivity index (χ1n) is 8.73. The molecule has 0 amide bonds. The zero-order valence-electron chi connectivity index (χ0n) is 14.0. The van der Waals surface area contributed by atoms with Crippen molar-refractivity contribution >= 4 is 11.9 Å². The highest BCUT2D eigenvalue weighted by molar-refractivity contribution is 6.14. The fourth-order valence-electron chi connectivity index (χ4n) is 3.55. The number of ketones is 1. The van der Waals surface area contributed by atoms with Crippen LogP contribution >= 0.6 is 0 Å². The lowest BCUT2D eigenvalue weighted by molar-refractivity contribution is -0.918. The molecule has 1 fully saturated rings. The summed E-state index contributed by atoms with van der Waals surface area (Å²) in [7, 11) is 0. The highest BCUT2D eigenvalue weighted by atomic mass is 16.5. The van der Waals surface area contributed by atoms with E-state index in [2.05, 4.69) is 4.98 Å². The number of quaternary nitrogens is 1. The summed E-state index contributed by atoms with van der Waals surface area (Å²) in [5, 5.41) is 12.4. The number of carbonyl (C=O) groups excluding carboxylic acids is 1. The number of allylic oxidation sites excluding steroid dienone is 1. The predicted molar refractivity (Wildman–Crippen MR) is 91.3 cm³/mol. The van der Waals surface area contributed by atoms with Crippen LogP contribution in [0.1, 0.15) is 40.7 Å². The summed E-state index contributed by atoms with van der Waals surface area (Å²) in [4.78, 5) is 18.1. The maximum absolute atomic E-state index is 12.6. The van der Waals surface area contributed by atoms with Crippen LogP contribution in [0.4, 0.5) is 0 Å². The molecule has 0 saturated carbocycles. The number of aromatic nitrogens is 1. The first-order valence-corrected chi connectivity index (χ1v) is 8.73. The van der Waals surface area contributed by atoms with Crippen LogP contribution in [0.3, 0.4) is 0 Å². The van der Waals surface area contributed by atoms with Crippen molar-refractivity contribution in [2.75, 3.05) is 13.1 Å². The lowest BCUT2D eigenvalue weighted by Gasteiger charge is -2.26. The van der Waals surface area contributed by atoms with E-state index in [1.54, 1.807) is 30.6 Å². The minimum absolute atomic E-state index is 0.0488. The van der Waals surface area contributed by atoms with Crippen molar-refractivity contribution in [3.63, 3.8) is 0 Å². The first kappa shape index (κ1) is 15.8. The molecule has 2 aromatic rings. The molecule has 5 nitrogen and oxygen atoms in total. The van der Waals surface area contributed by atoms with E-state index >= 15 is 0 Å². The van der Waals surface area contributed by atoms with Crippen molar-refractivity contribution < 1.29 is 19.5 Å². The Balaban J connectivity index is 1.66. The SMILES string of the molecule is O=C1C(=Cc2cccnc2)Oc2c1ccc([O-])c2C[NH+]1CCCCC1. The molecular weight excluding hydrogens is 316 g/mol. The summed E-state index contributed by atoms with van der Waals surface area (Å²) in [6, 6.07) is 6.74. The Morgan fingerprint density at radius 2 is 2.04 bits per heavy atom. The number of benzene rings is 1. The van der Waals surface area contributed by atoms with Crippen molar-refractivity contribution in [3.8, 4) is 11.5 Å². The van der Waals surface area contributed by atoms with Gasteiger partial charge in [0.25, 0.3) is 0 Å². The van der Waals surface area contributed by atoms with Gasteiger partial charge in [-0.1, -0.05) is 17.9 Å². The topological polar surface area (TPSA) is 66.7 Å². The first-order chi connectivity index (χ1) is 12.2. The molecule has 1 aromatic carbocycles. The third-order valence-corrected chi connectivity index (χ3v) is 4.87. The smallest absolute Gasteiger partial charge is 0.231 e. The van der Waals surface area contributed by atoms with E-state index in [0.29, 0.717) is 23.4 Å². The molecule has 128 valence electrons. The van der Waals surface area contributed by atoms with E-state index in [0.717, 1.165) is 18.7 Å². The number of nitrogens with one attached hydrogen (secondary N) is 1. The second-order valence-corrected chi connectivity index (χ2v) is 6.63. The van der Waals surface area contributed by atoms with Gasteiger partial charge in [-0.3, -0.25) is 9.78 Å². The van der Waals surface area contributed by atoms with E-state index in [-0.39, 0.29) is 17.3 Å². The molecule has 0 spiro atoms. The Morgan fingerprint density at radius 3 is 2.80 bits per heavy atom. The van der Waals surface area contributed by atoms with Crippen molar-refractivity contribution in [1.82, 2.24) is 4.98 Å². The molecule has 4 rings (SSSR count). The number of piperidine rings is 1. The molecule has 0 bridgehead atoms. The van der Waals surface area contributed by atoms with Crippen LogP contribution in [0.15, 0.2) is 42.4 Å². The average molecular weight is 336 g/mol. The lowest BCUT2D eigenvalue weighted by atomic mass is 10.0. The third-order valence-electron chi connectivity index (χ3n) is 4.87. The highest BCUT2D eigenvalue weighted by Crippen LogP contribution is 2.38. The quantitative estimate of drug-likeness (QED) is 0.859. The van der Waals surface area contributed by atoms with Gasteiger partial charge in [0.2, 0.25) is 5.78 Å². The van der Waals surface area contributed by atoms with Crippen LogP contribution in [0.2, 0.25) is 0 Å². The zero-order chi connectivity index (χ0) is 17.2. The van der Waals surface area contributed by atoms with E-state index < -0.39 is 0 Å². The number of Topliss-reactive ketones (excluding diaryl/α,β-unsaturated/α-hetero) is 1. The predicted octanol–water partition coefficient (Wildman–Crippen LogP) is 1.34. The highest BCUT2D eigenvalue weighted by Gasteiger charge is 2.31. The molecular formula is C20H20N2O3. The summed E-state index contributed by atoms with van der Waals surface area (Å²) < 4.78 is 5.85. The van der Waals surface area contributed by atoms with E-state index in [1.807, 2.05) is 6.07 Å². The van der Waals surface area contributed by atoms with Crippen molar-refractivity contribution in [3.05, 3.63) is 59.1 Å². The Kier molecular flexibility index (Phi) is 4.24. The Morgan fingerprint density at radius 1 is 1.20 bits per heavy atom. The summed E-state index contributed by atoms with van der Waals surface area (Å²) in [6.45, 7) is 2.75. The van der Waals surface area contributed by atoms with Gasteiger partial charge >= 0.3 is 0 Å². The van der Waals surface area contributed by atoms with Gasteiger partial charge in [-0.05, 0) is 43.0 Å². The third kappa shape index (κ3) is 3.15. The standard InChI is InChI=1S/C20H20N2O3/c23-17-7-6-15-19(24)18(11-14-5-4-8-21-12-14)25-20(15)16(17)13-22-9-2-1-3-10-22/h4-8,11-12,23H,1-3,9-10,13H2. The van der Waals surface area contributed by atoms with Gasteiger partial charge in [0, 0.05) is 18.0 Å². The molecule has 1 saturated heterocycles. The fraction of sp³-hybridized carbons (Fsp3) is 0.300. The number of hydrogen-bond donors (Lipinski definition) is 1. The van der Waals surface area contributed by atoms with Crippen LogP contribution in [0.25, 0.3) is 6.08 Å². The molecule has 0 unspecified atom stereocenters. The van der Waals surface area contributed by atoms with Gasteiger partial charge in [0.1, 0.15) is 12.3 Å². The normalized spacial score (nSPS) is 19.0. The van der Waals surface area contributed by atoms with Crippen LogP contribution in [0.5, 0.6) is 11.5 Å². The maximum Gasteiger partial charge on any atom is 0.231 e. The molecule has 3 heterocycles. The van der Waals surface area contributed by atoms with Gasteiger partial charge < -0.3 is 14.7 Å². The lowest BCUT2D eigenvalue weighted by Crippen LogP contribution is -3.11. The monoisotopic (exact) mass is 336 g/mol. The van der Waals surface area contributed by atoms with E-state index in [4.69, 9.17) is 4.74 Å². The van der Waals surface area contributed by atoms with Crippen LogP contribution in [0, 0.1) is 0 Å². The molecule has 2 aliphatic rings. The average Bonchev–Trinajstić information content (AvgIpc) is 2.95. The molecule has 1 aromatic heterocycles. The van der Waals surface area contributed by atoms with Gasteiger partial charge in [0.05, 0.1) is 18.7 Å². The number of fused-ring (bicyclic) bond motifs is 1. The number of ether oxygens (including phenoxy) is 1. The Labute approximate surface area is 146 Å². The molecule has 1 N–H and O–H groups in total. The molecule has 25 heavy (non-hydrogen) atoms. The van der Waals surface area contributed by atoms with E-state index in [9.17, 15) is 9.90 Å². The van der Waals surface area contributed by atoms with Crippen LogP contribution < -0.4 is 14.7 Å². The molecule has 5 heteroatoms. The number of likely N-dealkylation sites (tertiary alicyclic amines) is 1. The minimum Gasteiger partial charge on any atom is -0.872 e. The summed E-state index contributed by atoms with van der Waals surface area (Å²) in [5.41, 5.74) is 1.91. The summed E-state index contributed by atoms with van der Waals surface area (Å²) >= 11 is 0. The Bertz CT molecular complexity index is 824. The maximum atomic E-state index is 12.6. The zero-order valence-corrected chi connectivity index (χ0v) is 14.0. The largest absolute Gasteiger partial charge is 0.872 e. The molecule has 2 aliphatic heterocycles. The minimum atomic E-state index is -0.172. The van der Waals surface area contributed by atoms with Gasteiger partial charge in [-0.2, -0.15) is 0 Å².